The summed E-state index contributed by atoms with van der Waals surface area (Å²) < 4.78 is 24.8. The number of ether oxygens (including phenoxy) is 2. The van der Waals surface area contributed by atoms with Gasteiger partial charge in [0.05, 0.1) is 5.54 Å². The molecule has 1 aliphatic heterocycles. The molecule has 0 aromatic heterocycles. The molecule has 0 bridgehead atoms. The summed E-state index contributed by atoms with van der Waals surface area (Å²) >= 11 is 0. The summed E-state index contributed by atoms with van der Waals surface area (Å²) in [5, 5.41) is 2.96. The molecule has 0 radical (unpaired) electrons. The number of carbonyl (C=O) groups excluding carboxylic acids is 1. The molecule has 1 saturated heterocycles. The smallest absolute Gasteiger partial charge is 0.408 e. The van der Waals surface area contributed by atoms with Crippen molar-refractivity contribution in [3.63, 3.8) is 0 Å². The van der Waals surface area contributed by atoms with Gasteiger partial charge in [-0.3, -0.25) is 0 Å². The molecule has 1 amide bonds. The molecule has 5 heteroatoms. The zero-order chi connectivity index (χ0) is 17.7. The van der Waals surface area contributed by atoms with Gasteiger partial charge in [-0.2, -0.15) is 0 Å². The van der Waals surface area contributed by atoms with Crippen LogP contribution in [-0.4, -0.2) is 19.3 Å². The highest BCUT2D eigenvalue weighted by atomic mass is 19.1. The fourth-order valence-electron chi connectivity index (χ4n) is 3.05. The topological polar surface area (TPSA) is 47.6 Å². The van der Waals surface area contributed by atoms with E-state index in [-0.39, 0.29) is 12.4 Å². The number of benzene rings is 2. The van der Waals surface area contributed by atoms with E-state index in [1.165, 1.54) is 6.07 Å². The fraction of sp³-hybridized carbons (Fsp3) is 0.350. The Bertz CT molecular complexity index is 727. The average Bonchev–Trinajstić information content (AvgIpc) is 2.64. The van der Waals surface area contributed by atoms with Crippen LogP contribution in [0.1, 0.15) is 29.5 Å². The van der Waals surface area contributed by atoms with Crippen molar-refractivity contribution in [2.75, 3.05) is 13.2 Å². The van der Waals surface area contributed by atoms with Gasteiger partial charge < -0.3 is 14.8 Å². The molecule has 0 atom stereocenters. The van der Waals surface area contributed by atoms with Crippen LogP contribution >= 0.6 is 0 Å². The van der Waals surface area contributed by atoms with Gasteiger partial charge in [0.1, 0.15) is 12.4 Å². The third-order valence-electron chi connectivity index (χ3n) is 4.62. The maximum Gasteiger partial charge on any atom is 0.408 e. The summed E-state index contributed by atoms with van der Waals surface area (Å²) in [6.07, 6.45) is 0.651. The molecule has 4 nitrogen and oxygen atoms in total. The third-order valence-corrected chi connectivity index (χ3v) is 4.62. The highest BCUT2D eigenvalue weighted by molar-refractivity contribution is 5.69. The first-order valence-corrected chi connectivity index (χ1v) is 8.42. The normalized spacial score (nSPS) is 16.2. The second kappa shape index (κ2) is 7.66. The zero-order valence-corrected chi connectivity index (χ0v) is 14.3. The number of amides is 1. The van der Waals surface area contributed by atoms with Crippen molar-refractivity contribution in [3.8, 4) is 0 Å². The Morgan fingerprint density at radius 3 is 2.60 bits per heavy atom. The van der Waals surface area contributed by atoms with E-state index in [0.717, 1.165) is 11.1 Å². The van der Waals surface area contributed by atoms with Crippen LogP contribution in [0.5, 0.6) is 0 Å². The summed E-state index contributed by atoms with van der Waals surface area (Å²) in [6, 6.07) is 14.6. The minimum atomic E-state index is -0.666. The second-order valence-electron chi connectivity index (χ2n) is 6.35. The van der Waals surface area contributed by atoms with Gasteiger partial charge >= 0.3 is 6.09 Å². The Morgan fingerprint density at radius 2 is 1.92 bits per heavy atom. The Labute approximate surface area is 147 Å². The molecule has 1 aliphatic rings. The summed E-state index contributed by atoms with van der Waals surface area (Å²) in [5.41, 5.74) is 1.58. The molecule has 2 aromatic carbocycles. The molecule has 0 saturated carbocycles. The molecule has 0 aliphatic carbocycles. The number of halogens is 1. The molecule has 2 aromatic rings. The molecule has 1 fully saturated rings. The Morgan fingerprint density at radius 1 is 1.20 bits per heavy atom. The predicted molar refractivity (Wildman–Crippen MR) is 92.6 cm³/mol. The van der Waals surface area contributed by atoms with Crippen molar-refractivity contribution in [3.05, 3.63) is 71.0 Å². The first-order valence-electron chi connectivity index (χ1n) is 8.42. The van der Waals surface area contributed by atoms with Crippen molar-refractivity contribution >= 4 is 6.09 Å². The quantitative estimate of drug-likeness (QED) is 0.910. The van der Waals surface area contributed by atoms with Crippen LogP contribution in [0.15, 0.2) is 48.5 Å². The minimum absolute atomic E-state index is 0.196. The van der Waals surface area contributed by atoms with E-state index in [4.69, 9.17) is 9.47 Å². The molecular formula is C20H22FNO3. The van der Waals surface area contributed by atoms with Crippen LogP contribution in [0.2, 0.25) is 0 Å². The lowest BCUT2D eigenvalue weighted by Crippen LogP contribution is -2.49. The molecule has 25 heavy (non-hydrogen) atoms. The highest BCUT2D eigenvalue weighted by Gasteiger charge is 2.37. The van der Waals surface area contributed by atoms with E-state index in [0.29, 0.717) is 31.6 Å². The van der Waals surface area contributed by atoms with Crippen LogP contribution in [0, 0.1) is 12.7 Å². The second-order valence-corrected chi connectivity index (χ2v) is 6.35. The predicted octanol–water partition coefficient (Wildman–Crippen LogP) is 4.07. The van der Waals surface area contributed by atoms with E-state index in [9.17, 15) is 9.18 Å². The maximum atomic E-state index is 14.0. The van der Waals surface area contributed by atoms with Crippen molar-refractivity contribution < 1.29 is 18.7 Å². The van der Waals surface area contributed by atoms with Crippen molar-refractivity contribution in [2.24, 2.45) is 0 Å². The van der Waals surface area contributed by atoms with Gasteiger partial charge in [-0.05, 0) is 42.5 Å². The third kappa shape index (κ3) is 4.17. The number of nitrogens with one attached hydrogen (secondary N) is 1. The van der Waals surface area contributed by atoms with Gasteiger partial charge in [0, 0.05) is 13.2 Å². The Hall–Kier alpha value is -2.40. The van der Waals surface area contributed by atoms with E-state index < -0.39 is 11.6 Å². The summed E-state index contributed by atoms with van der Waals surface area (Å²) in [4.78, 5) is 12.3. The fourth-order valence-corrected chi connectivity index (χ4v) is 3.05. The number of aryl methyl sites for hydroxylation is 1. The van der Waals surface area contributed by atoms with Crippen molar-refractivity contribution in [1.29, 1.82) is 0 Å². The van der Waals surface area contributed by atoms with Crippen LogP contribution in [0.25, 0.3) is 0 Å². The maximum absolute atomic E-state index is 14.0. The lowest BCUT2D eigenvalue weighted by atomic mass is 9.82. The standard InChI is InChI=1S/C20H22FNO3/c1-15-7-8-17(13-18(15)21)20(9-11-24-12-10-20)22-19(23)25-14-16-5-3-2-4-6-16/h2-8,13H,9-12,14H2,1H3,(H,22,23). The number of rotatable bonds is 4. The SMILES string of the molecule is Cc1ccc(C2(NC(=O)OCc3ccccc3)CCOCC2)cc1F. The molecule has 0 spiro atoms. The highest BCUT2D eigenvalue weighted by Crippen LogP contribution is 2.33. The van der Waals surface area contributed by atoms with Crippen LogP contribution in [0.4, 0.5) is 9.18 Å². The van der Waals surface area contributed by atoms with Gasteiger partial charge in [0.15, 0.2) is 0 Å². The number of alkyl carbamates (subject to hydrolysis) is 1. The largest absolute Gasteiger partial charge is 0.445 e. The summed E-state index contributed by atoms with van der Waals surface area (Å²) in [5.74, 6) is -0.275. The molecule has 1 N–H and O–H groups in total. The van der Waals surface area contributed by atoms with Gasteiger partial charge in [-0.15, -0.1) is 0 Å². The van der Waals surface area contributed by atoms with Gasteiger partial charge in [-0.25, -0.2) is 9.18 Å². The Kier molecular flexibility index (Phi) is 5.34. The van der Waals surface area contributed by atoms with E-state index >= 15 is 0 Å². The molecule has 1 heterocycles. The van der Waals surface area contributed by atoms with Crippen LogP contribution in [-0.2, 0) is 21.6 Å². The van der Waals surface area contributed by atoms with Crippen LogP contribution < -0.4 is 5.32 Å². The van der Waals surface area contributed by atoms with E-state index in [1.807, 2.05) is 36.4 Å². The number of hydrogen-bond donors (Lipinski definition) is 1. The van der Waals surface area contributed by atoms with Crippen molar-refractivity contribution in [1.82, 2.24) is 5.32 Å². The number of carbonyl (C=O) groups is 1. The Balaban J connectivity index is 1.74. The molecule has 0 unspecified atom stereocenters. The molecular weight excluding hydrogens is 321 g/mol. The average molecular weight is 343 g/mol. The lowest BCUT2D eigenvalue weighted by Gasteiger charge is -2.38. The van der Waals surface area contributed by atoms with E-state index in [1.54, 1.807) is 13.0 Å². The monoisotopic (exact) mass is 343 g/mol. The molecule has 3 rings (SSSR count). The van der Waals surface area contributed by atoms with Crippen LogP contribution in [0.3, 0.4) is 0 Å². The minimum Gasteiger partial charge on any atom is -0.445 e. The van der Waals surface area contributed by atoms with Gasteiger partial charge in [0.2, 0.25) is 0 Å². The van der Waals surface area contributed by atoms with Gasteiger partial charge in [-0.1, -0.05) is 42.5 Å². The summed E-state index contributed by atoms with van der Waals surface area (Å²) in [7, 11) is 0. The first kappa shape index (κ1) is 17.4. The van der Waals surface area contributed by atoms with E-state index in [2.05, 4.69) is 5.32 Å². The first-order chi connectivity index (χ1) is 12.1. The summed E-state index contributed by atoms with van der Waals surface area (Å²) in [6.45, 7) is 2.93. The number of hydrogen-bond acceptors (Lipinski definition) is 3. The van der Waals surface area contributed by atoms with Crippen molar-refractivity contribution in [2.45, 2.75) is 31.9 Å². The zero-order valence-electron chi connectivity index (χ0n) is 14.3. The van der Waals surface area contributed by atoms with Gasteiger partial charge in [0.25, 0.3) is 0 Å². The molecule has 132 valence electrons. The lowest BCUT2D eigenvalue weighted by molar-refractivity contribution is 0.0329.